The van der Waals surface area contributed by atoms with Crippen molar-refractivity contribution in [3.8, 4) is 0 Å². The highest BCUT2D eigenvalue weighted by atomic mass is 32.1. The standard InChI is InChI=1S/C15H10N2O4S/c18-13(14-2-1-7-22-14)9-16-12-5-4-11(17(20)21)8-10(12)3-6-15(16)19/h1-8H,9H2. The van der Waals surface area contributed by atoms with Crippen LogP contribution >= 0.6 is 11.3 Å². The van der Waals surface area contributed by atoms with Gasteiger partial charge in [-0.25, -0.2) is 0 Å². The van der Waals surface area contributed by atoms with E-state index in [-0.39, 0.29) is 23.6 Å². The number of hydrogen-bond donors (Lipinski definition) is 0. The molecule has 1 aromatic carbocycles. The van der Waals surface area contributed by atoms with Gasteiger partial charge in [0.1, 0.15) is 0 Å². The summed E-state index contributed by atoms with van der Waals surface area (Å²) in [6, 6.07) is 10.5. The highest BCUT2D eigenvalue weighted by Gasteiger charge is 2.13. The van der Waals surface area contributed by atoms with E-state index in [2.05, 4.69) is 0 Å². The molecule has 3 rings (SSSR count). The molecule has 0 saturated carbocycles. The lowest BCUT2D eigenvalue weighted by atomic mass is 10.2. The van der Waals surface area contributed by atoms with Gasteiger partial charge in [-0.3, -0.25) is 19.7 Å². The van der Waals surface area contributed by atoms with Crippen molar-refractivity contribution in [3.63, 3.8) is 0 Å². The van der Waals surface area contributed by atoms with Crippen LogP contribution in [0.15, 0.2) is 52.6 Å². The summed E-state index contributed by atoms with van der Waals surface area (Å²) >= 11 is 1.31. The molecule has 0 aliphatic heterocycles. The zero-order chi connectivity index (χ0) is 15.7. The number of pyridine rings is 1. The first-order chi connectivity index (χ1) is 10.6. The zero-order valence-electron chi connectivity index (χ0n) is 11.3. The van der Waals surface area contributed by atoms with E-state index in [4.69, 9.17) is 0 Å². The first-order valence-corrected chi connectivity index (χ1v) is 7.29. The average molecular weight is 314 g/mol. The molecular formula is C15H10N2O4S. The van der Waals surface area contributed by atoms with Crippen LogP contribution in [0.4, 0.5) is 5.69 Å². The van der Waals surface area contributed by atoms with Gasteiger partial charge in [0, 0.05) is 23.6 Å². The molecule has 3 aromatic rings. The summed E-state index contributed by atoms with van der Waals surface area (Å²) in [5.41, 5.74) is 0.136. The second-order valence-electron chi connectivity index (χ2n) is 4.66. The lowest BCUT2D eigenvalue weighted by Crippen LogP contribution is -2.23. The zero-order valence-corrected chi connectivity index (χ0v) is 12.1. The number of ketones is 1. The highest BCUT2D eigenvalue weighted by Crippen LogP contribution is 2.20. The SMILES string of the molecule is O=C(Cn1c(=O)ccc2cc([N+](=O)[O-])ccc21)c1cccs1. The first-order valence-electron chi connectivity index (χ1n) is 6.41. The van der Waals surface area contributed by atoms with E-state index >= 15 is 0 Å². The van der Waals surface area contributed by atoms with Gasteiger partial charge in [0.2, 0.25) is 0 Å². The number of nitro groups is 1. The van der Waals surface area contributed by atoms with Crippen LogP contribution in [0.5, 0.6) is 0 Å². The molecule has 0 aliphatic rings. The number of carbonyl (C=O) groups is 1. The summed E-state index contributed by atoms with van der Waals surface area (Å²) in [6.45, 7) is -0.0888. The van der Waals surface area contributed by atoms with Crippen molar-refractivity contribution in [2.24, 2.45) is 0 Å². The molecule has 0 spiro atoms. The summed E-state index contributed by atoms with van der Waals surface area (Å²) in [4.78, 5) is 35.1. The van der Waals surface area contributed by atoms with Crippen LogP contribution in [0.25, 0.3) is 10.9 Å². The number of non-ortho nitro benzene ring substituents is 1. The Morgan fingerprint density at radius 1 is 1.23 bits per heavy atom. The van der Waals surface area contributed by atoms with Gasteiger partial charge in [-0.05, 0) is 23.6 Å². The summed E-state index contributed by atoms with van der Waals surface area (Å²) in [7, 11) is 0. The van der Waals surface area contributed by atoms with Crippen molar-refractivity contribution >= 4 is 33.7 Å². The Morgan fingerprint density at radius 3 is 2.73 bits per heavy atom. The number of benzene rings is 1. The van der Waals surface area contributed by atoms with Crippen LogP contribution in [0.2, 0.25) is 0 Å². The number of aromatic nitrogens is 1. The lowest BCUT2D eigenvalue weighted by Gasteiger charge is -2.08. The summed E-state index contributed by atoms with van der Waals surface area (Å²) in [6.07, 6.45) is 0. The van der Waals surface area contributed by atoms with Crippen LogP contribution in [-0.2, 0) is 6.54 Å². The molecule has 2 aromatic heterocycles. The molecule has 2 heterocycles. The van der Waals surface area contributed by atoms with Crippen LogP contribution in [0.3, 0.4) is 0 Å². The molecule has 110 valence electrons. The van der Waals surface area contributed by atoms with E-state index in [0.717, 1.165) is 0 Å². The van der Waals surface area contributed by atoms with E-state index in [9.17, 15) is 19.7 Å². The van der Waals surface area contributed by atoms with Gasteiger partial charge < -0.3 is 4.57 Å². The average Bonchev–Trinajstić information content (AvgIpc) is 3.04. The van der Waals surface area contributed by atoms with E-state index in [0.29, 0.717) is 15.8 Å². The highest BCUT2D eigenvalue weighted by molar-refractivity contribution is 7.12. The fourth-order valence-electron chi connectivity index (χ4n) is 2.23. The van der Waals surface area contributed by atoms with E-state index in [1.54, 1.807) is 17.5 Å². The largest absolute Gasteiger partial charge is 0.300 e. The number of hydrogen-bond acceptors (Lipinski definition) is 5. The van der Waals surface area contributed by atoms with Crippen molar-refractivity contribution in [2.75, 3.05) is 0 Å². The van der Waals surface area contributed by atoms with E-state index < -0.39 is 4.92 Å². The Bertz CT molecular complexity index is 928. The maximum Gasteiger partial charge on any atom is 0.270 e. The van der Waals surface area contributed by atoms with Crippen molar-refractivity contribution < 1.29 is 9.72 Å². The van der Waals surface area contributed by atoms with Crippen LogP contribution < -0.4 is 5.56 Å². The molecule has 0 bridgehead atoms. The Kier molecular flexibility index (Phi) is 3.56. The minimum absolute atomic E-state index is 0.0534. The first kappa shape index (κ1) is 14.2. The third-order valence-corrected chi connectivity index (χ3v) is 4.19. The maximum absolute atomic E-state index is 12.2. The van der Waals surface area contributed by atoms with Crippen molar-refractivity contribution in [2.45, 2.75) is 6.54 Å². The van der Waals surface area contributed by atoms with E-state index in [1.807, 2.05) is 0 Å². The molecule has 0 atom stereocenters. The molecule has 7 heteroatoms. The number of nitro benzene ring substituents is 1. The molecule has 0 amide bonds. The Balaban J connectivity index is 2.08. The Hall–Kier alpha value is -2.80. The fourth-order valence-corrected chi connectivity index (χ4v) is 2.88. The second-order valence-corrected chi connectivity index (χ2v) is 5.61. The lowest BCUT2D eigenvalue weighted by molar-refractivity contribution is -0.384. The molecule has 0 aliphatic carbocycles. The quantitative estimate of drug-likeness (QED) is 0.421. The topological polar surface area (TPSA) is 82.2 Å². The third-order valence-electron chi connectivity index (χ3n) is 3.28. The number of nitrogens with zero attached hydrogens (tertiary/aromatic N) is 2. The predicted octanol–water partition coefficient (Wildman–Crippen LogP) is 2.85. The van der Waals surface area contributed by atoms with Gasteiger partial charge in [0.05, 0.1) is 21.9 Å². The molecule has 0 radical (unpaired) electrons. The van der Waals surface area contributed by atoms with Gasteiger partial charge in [-0.1, -0.05) is 6.07 Å². The predicted molar refractivity (Wildman–Crippen MR) is 83.5 cm³/mol. The summed E-state index contributed by atoms with van der Waals surface area (Å²) < 4.78 is 1.33. The Morgan fingerprint density at radius 2 is 2.05 bits per heavy atom. The third kappa shape index (κ3) is 2.53. The molecule has 0 N–H and O–H groups in total. The summed E-state index contributed by atoms with van der Waals surface area (Å²) in [5.74, 6) is -0.164. The Labute approximate surface area is 128 Å². The number of rotatable bonds is 4. The van der Waals surface area contributed by atoms with Crippen molar-refractivity contribution in [1.82, 2.24) is 4.57 Å². The molecular weight excluding hydrogens is 304 g/mol. The van der Waals surface area contributed by atoms with Gasteiger partial charge in [-0.15, -0.1) is 11.3 Å². The molecule has 0 saturated heterocycles. The van der Waals surface area contributed by atoms with Crippen LogP contribution in [-0.4, -0.2) is 15.3 Å². The molecule has 22 heavy (non-hydrogen) atoms. The van der Waals surface area contributed by atoms with Gasteiger partial charge in [0.15, 0.2) is 5.78 Å². The monoisotopic (exact) mass is 314 g/mol. The van der Waals surface area contributed by atoms with Gasteiger partial charge >= 0.3 is 0 Å². The number of fused-ring (bicyclic) bond motifs is 1. The number of thiophene rings is 1. The molecule has 0 unspecified atom stereocenters. The number of Topliss-reactive ketones (excluding diaryl/α,β-unsaturated/α-hetero) is 1. The van der Waals surface area contributed by atoms with E-state index in [1.165, 1.54) is 46.2 Å². The minimum atomic E-state index is -0.494. The van der Waals surface area contributed by atoms with Crippen LogP contribution in [0.1, 0.15) is 9.67 Å². The molecule has 0 fully saturated rings. The van der Waals surface area contributed by atoms with Crippen molar-refractivity contribution in [3.05, 3.63) is 73.2 Å². The number of carbonyl (C=O) groups excluding carboxylic acids is 1. The minimum Gasteiger partial charge on any atom is -0.300 e. The second kappa shape index (κ2) is 5.53. The van der Waals surface area contributed by atoms with Crippen molar-refractivity contribution in [1.29, 1.82) is 0 Å². The normalized spacial score (nSPS) is 10.7. The maximum atomic E-state index is 12.2. The smallest absolute Gasteiger partial charge is 0.270 e. The van der Waals surface area contributed by atoms with Crippen LogP contribution in [0, 0.1) is 10.1 Å². The van der Waals surface area contributed by atoms with Gasteiger partial charge in [-0.2, -0.15) is 0 Å². The molecule has 6 nitrogen and oxygen atoms in total. The fraction of sp³-hybridized carbons (Fsp3) is 0.0667. The summed E-state index contributed by atoms with van der Waals surface area (Å²) in [5, 5.41) is 13.2. The van der Waals surface area contributed by atoms with Gasteiger partial charge in [0.25, 0.3) is 11.2 Å².